The molecule has 1 aromatic heterocycles. The number of likely N-dealkylation sites (N-methyl/N-ethyl adjacent to an activating group) is 1. The van der Waals surface area contributed by atoms with E-state index in [-0.39, 0.29) is 10.6 Å². The van der Waals surface area contributed by atoms with Crippen LogP contribution in [0.5, 0.6) is 0 Å². The summed E-state index contributed by atoms with van der Waals surface area (Å²) in [6, 6.07) is 17.4. The summed E-state index contributed by atoms with van der Waals surface area (Å²) in [5.41, 5.74) is 1.47. The molecular formula is C21H22N5O2S+. The number of rotatable bonds is 4. The van der Waals surface area contributed by atoms with E-state index in [2.05, 4.69) is 12.0 Å². The van der Waals surface area contributed by atoms with E-state index in [0.717, 1.165) is 26.2 Å². The van der Waals surface area contributed by atoms with Gasteiger partial charge in [0.25, 0.3) is 0 Å². The topological polar surface area (TPSA) is 91.4 Å². The van der Waals surface area contributed by atoms with Gasteiger partial charge in [-0.3, -0.25) is 0 Å². The number of anilines is 1. The summed E-state index contributed by atoms with van der Waals surface area (Å²) in [6.45, 7) is 3.29. The van der Waals surface area contributed by atoms with Crippen LogP contribution in [0.15, 0.2) is 59.5 Å². The maximum atomic E-state index is 13.3. The van der Waals surface area contributed by atoms with Crippen molar-refractivity contribution in [2.24, 2.45) is 0 Å². The van der Waals surface area contributed by atoms with E-state index in [9.17, 15) is 13.7 Å². The number of nitrogens with one attached hydrogen (secondary N) is 1. The lowest BCUT2D eigenvalue weighted by molar-refractivity contribution is -0.880. The maximum absolute atomic E-state index is 13.3. The minimum atomic E-state index is -3.94. The normalized spacial score (nSPS) is 16.5. The molecule has 1 aliphatic heterocycles. The minimum absolute atomic E-state index is 0.107. The van der Waals surface area contributed by atoms with Crippen molar-refractivity contribution in [2.75, 3.05) is 38.1 Å². The lowest BCUT2D eigenvalue weighted by Crippen LogP contribution is -3.12. The van der Waals surface area contributed by atoms with Crippen LogP contribution < -0.4 is 9.80 Å². The van der Waals surface area contributed by atoms with Gasteiger partial charge in [-0.25, -0.2) is 18.4 Å². The Morgan fingerprint density at radius 3 is 2.21 bits per heavy atom. The highest BCUT2D eigenvalue weighted by Gasteiger charge is 2.35. The average Bonchev–Trinajstić information content (AvgIpc) is 2.75. The van der Waals surface area contributed by atoms with Crippen molar-refractivity contribution in [3.8, 4) is 6.07 Å². The number of nitrogens with zero attached hydrogens (tertiary/aromatic N) is 4. The monoisotopic (exact) mass is 408 g/mol. The fourth-order valence-electron chi connectivity index (χ4n) is 3.54. The quantitative estimate of drug-likeness (QED) is 0.693. The van der Waals surface area contributed by atoms with E-state index >= 15 is 0 Å². The third kappa shape index (κ3) is 3.67. The van der Waals surface area contributed by atoms with Gasteiger partial charge in [-0.15, -0.1) is 0 Å². The molecule has 1 N–H and O–H groups in total. The smallest absolute Gasteiger partial charge is 0.200 e. The van der Waals surface area contributed by atoms with Crippen molar-refractivity contribution in [3.05, 3.63) is 60.3 Å². The molecule has 0 saturated carbocycles. The molecule has 0 unspecified atom stereocenters. The molecule has 0 aliphatic carbocycles. The van der Waals surface area contributed by atoms with E-state index in [1.54, 1.807) is 24.3 Å². The third-order valence-corrected chi connectivity index (χ3v) is 7.12. The van der Waals surface area contributed by atoms with E-state index < -0.39 is 15.1 Å². The molecule has 2 aromatic carbocycles. The van der Waals surface area contributed by atoms with Gasteiger partial charge in [0.05, 0.1) is 55.2 Å². The molecule has 0 amide bonds. The zero-order valence-electron chi connectivity index (χ0n) is 16.1. The number of piperazine rings is 1. The summed E-state index contributed by atoms with van der Waals surface area (Å²) in [5.74, 6) is 0.488. The van der Waals surface area contributed by atoms with E-state index in [0.29, 0.717) is 16.9 Å². The van der Waals surface area contributed by atoms with Gasteiger partial charge in [0.15, 0.2) is 11.1 Å². The Hall–Kier alpha value is -3.02. The van der Waals surface area contributed by atoms with Crippen molar-refractivity contribution in [3.63, 3.8) is 0 Å². The van der Waals surface area contributed by atoms with Gasteiger partial charge in [0.1, 0.15) is 5.69 Å². The summed E-state index contributed by atoms with van der Waals surface area (Å²) in [5, 5.41) is 8.47. The molecule has 3 aromatic rings. The molecule has 1 atom stereocenters. The van der Waals surface area contributed by atoms with E-state index in [4.69, 9.17) is 4.98 Å². The minimum Gasteiger partial charge on any atom is -0.344 e. The Kier molecular flexibility index (Phi) is 5.18. The standard InChI is InChI=1S/C21H21N5O2S/c1-25-11-13-26(14-12-25)21-20(23-17-9-5-6-10-18(17)24-21)19(15-22)29(27,28)16-7-3-2-4-8-16/h2-10,19H,11-14H2,1H3/p+1/t19-/m1/s1. The predicted molar refractivity (Wildman–Crippen MR) is 110 cm³/mol. The highest BCUT2D eigenvalue weighted by Crippen LogP contribution is 2.33. The molecule has 0 spiro atoms. The molecule has 1 fully saturated rings. The van der Waals surface area contributed by atoms with Gasteiger partial charge in [0.2, 0.25) is 9.84 Å². The number of sulfone groups is 1. The number of aromatic nitrogens is 2. The summed E-state index contributed by atoms with van der Waals surface area (Å²) >= 11 is 0. The molecule has 4 rings (SSSR count). The summed E-state index contributed by atoms with van der Waals surface area (Å²) < 4.78 is 26.5. The van der Waals surface area contributed by atoms with Crippen molar-refractivity contribution in [2.45, 2.75) is 10.1 Å². The first-order valence-corrected chi connectivity index (χ1v) is 11.1. The first kappa shape index (κ1) is 19.3. The number of para-hydroxylation sites is 2. The van der Waals surface area contributed by atoms with Crippen molar-refractivity contribution in [1.82, 2.24) is 9.97 Å². The fourth-order valence-corrected chi connectivity index (χ4v) is 4.94. The van der Waals surface area contributed by atoms with Gasteiger partial charge in [-0.1, -0.05) is 30.3 Å². The SMILES string of the molecule is C[NH+]1CCN(c2nc3ccccc3nc2[C@@H](C#N)S(=O)(=O)c2ccccc2)CC1. The highest BCUT2D eigenvalue weighted by atomic mass is 32.2. The summed E-state index contributed by atoms with van der Waals surface area (Å²) in [7, 11) is -1.81. The lowest BCUT2D eigenvalue weighted by Gasteiger charge is -2.32. The molecule has 8 heteroatoms. The van der Waals surface area contributed by atoms with Gasteiger partial charge in [0, 0.05) is 0 Å². The lowest BCUT2D eigenvalue weighted by atomic mass is 10.2. The van der Waals surface area contributed by atoms with Crippen LogP contribution in [0.25, 0.3) is 11.0 Å². The first-order chi connectivity index (χ1) is 14.0. The largest absolute Gasteiger partial charge is 0.344 e. The molecule has 29 heavy (non-hydrogen) atoms. The number of quaternary nitrogens is 1. The van der Waals surface area contributed by atoms with Crippen LogP contribution in [0.3, 0.4) is 0 Å². The number of hydrogen-bond donors (Lipinski definition) is 1. The molecular weight excluding hydrogens is 386 g/mol. The Balaban J connectivity index is 1.88. The van der Waals surface area contributed by atoms with E-state index in [1.165, 1.54) is 17.0 Å². The fraction of sp³-hybridized carbons (Fsp3) is 0.286. The second-order valence-corrected chi connectivity index (χ2v) is 9.27. The van der Waals surface area contributed by atoms with Crippen molar-refractivity contribution in [1.29, 1.82) is 5.26 Å². The average molecular weight is 409 g/mol. The van der Waals surface area contributed by atoms with Crippen LogP contribution in [0, 0.1) is 11.3 Å². The third-order valence-electron chi connectivity index (χ3n) is 5.24. The molecule has 7 nitrogen and oxygen atoms in total. The molecule has 0 radical (unpaired) electrons. The van der Waals surface area contributed by atoms with E-state index in [1.807, 2.05) is 29.2 Å². The number of benzene rings is 2. The van der Waals surface area contributed by atoms with Crippen LogP contribution in [-0.2, 0) is 9.84 Å². The molecule has 1 saturated heterocycles. The number of fused-ring (bicyclic) bond motifs is 1. The predicted octanol–water partition coefficient (Wildman–Crippen LogP) is 1.00. The molecule has 1 aliphatic rings. The Morgan fingerprint density at radius 2 is 1.59 bits per heavy atom. The zero-order chi connectivity index (χ0) is 20.4. The van der Waals surface area contributed by atoms with Crippen LogP contribution in [0.1, 0.15) is 10.9 Å². The van der Waals surface area contributed by atoms with Crippen LogP contribution in [-0.4, -0.2) is 51.6 Å². The van der Waals surface area contributed by atoms with Crippen molar-refractivity contribution < 1.29 is 13.3 Å². The first-order valence-electron chi connectivity index (χ1n) is 9.52. The van der Waals surface area contributed by atoms with Crippen LogP contribution in [0.4, 0.5) is 5.82 Å². The Morgan fingerprint density at radius 1 is 1.00 bits per heavy atom. The van der Waals surface area contributed by atoms with Crippen LogP contribution >= 0.6 is 0 Å². The maximum Gasteiger partial charge on any atom is 0.200 e. The highest BCUT2D eigenvalue weighted by molar-refractivity contribution is 7.92. The Bertz CT molecular complexity index is 1170. The molecule has 0 bridgehead atoms. The Labute approximate surface area is 170 Å². The number of hydrogen-bond acceptors (Lipinski definition) is 6. The summed E-state index contributed by atoms with van der Waals surface area (Å²) in [4.78, 5) is 12.9. The van der Waals surface area contributed by atoms with Gasteiger partial charge < -0.3 is 9.80 Å². The van der Waals surface area contributed by atoms with Crippen molar-refractivity contribution >= 4 is 26.7 Å². The van der Waals surface area contributed by atoms with Crippen LogP contribution in [0.2, 0.25) is 0 Å². The second kappa shape index (κ2) is 7.78. The molecule has 148 valence electrons. The molecule has 2 heterocycles. The second-order valence-electron chi connectivity index (χ2n) is 7.23. The van der Waals surface area contributed by atoms with Gasteiger partial charge in [-0.2, -0.15) is 5.26 Å². The summed E-state index contributed by atoms with van der Waals surface area (Å²) in [6.07, 6.45) is 0. The van der Waals surface area contributed by atoms with Gasteiger partial charge >= 0.3 is 0 Å². The number of nitriles is 1. The van der Waals surface area contributed by atoms with Gasteiger partial charge in [-0.05, 0) is 24.3 Å². The zero-order valence-corrected chi connectivity index (χ0v) is 16.9.